The molecule has 0 bridgehead atoms. The third-order valence-electron chi connectivity index (χ3n) is 5.13. The van der Waals surface area contributed by atoms with Gasteiger partial charge < -0.3 is 24.8 Å². The summed E-state index contributed by atoms with van der Waals surface area (Å²) < 4.78 is 31.5. The Kier molecular flexibility index (Phi) is 6.09. The second kappa shape index (κ2) is 8.21. The van der Waals surface area contributed by atoms with E-state index < -0.39 is 17.0 Å². The van der Waals surface area contributed by atoms with E-state index in [1.54, 1.807) is 4.90 Å². The van der Waals surface area contributed by atoms with Crippen LogP contribution in [0.25, 0.3) is 0 Å². The minimum absolute atomic E-state index is 0.230. The summed E-state index contributed by atoms with van der Waals surface area (Å²) >= 11 is 0. The normalized spacial score (nSPS) is 22.3. The average molecular weight is 395 g/mol. The van der Waals surface area contributed by atoms with E-state index in [9.17, 15) is 9.18 Å². The van der Waals surface area contributed by atoms with Gasteiger partial charge in [-0.25, -0.2) is 9.18 Å². The fourth-order valence-electron chi connectivity index (χ4n) is 3.77. The van der Waals surface area contributed by atoms with Gasteiger partial charge in [0.1, 0.15) is 11.4 Å². The molecule has 1 aromatic heterocycles. The van der Waals surface area contributed by atoms with E-state index in [1.807, 2.05) is 20.8 Å². The lowest BCUT2D eigenvalue weighted by Gasteiger charge is -2.48. The summed E-state index contributed by atoms with van der Waals surface area (Å²) in [5, 5.41) is 0. The number of nitrogen functional groups attached to an aromatic ring is 1. The van der Waals surface area contributed by atoms with Gasteiger partial charge in [-0.1, -0.05) is 0 Å². The number of anilines is 1. The Labute approximate surface area is 165 Å². The third kappa shape index (κ3) is 5.11. The Morgan fingerprint density at radius 1 is 1.39 bits per heavy atom. The molecule has 2 N–H and O–H groups in total. The first kappa shape index (κ1) is 20.8. The molecule has 2 aliphatic heterocycles. The van der Waals surface area contributed by atoms with Gasteiger partial charge in [0.05, 0.1) is 42.9 Å². The van der Waals surface area contributed by atoms with Gasteiger partial charge in [-0.15, -0.1) is 0 Å². The molecule has 1 atom stereocenters. The molecule has 1 aromatic rings. The molecule has 0 radical (unpaired) electrons. The molecule has 8 heteroatoms. The van der Waals surface area contributed by atoms with Crippen LogP contribution in [0.3, 0.4) is 0 Å². The number of halogens is 1. The van der Waals surface area contributed by atoms with Crippen molar-refractivity contribution in [3.8, 4) is 0 Å². The van der Waals surface area contributed by atoms with Gasteiger partial charge >= 0.3 is 6.09 Å². The third-order valence-corrected chi connectivity index (χ3v) is 5.13. The van der Waals surface area contributed by atoms with Gasteiger partial charge in [-0.05, 0) is 33.6 Å². The standard InChI is InChI=1S/C20H30FN3O4/c1-19(2,3)28-18(25)24-12-14(27-20(13-24)6-8-26-9-7-20)4-5-15-16(21)10-23-11-17(15)22/h10-11,14H,4-9,12-13,22H2,1-3H3/t14-/m1/s1. The maximum absolute atomic E-state index is 14.1. The Balaban J connectivity index is 1.73. The second-order valence-electron chi connectivity index (χ2n) is 8.62. The molecule has 2 aliphatic rings. The van der Waals surface area contributed by atoms with E-state index in [0.29, 0.717) is 63.2 Å². The van der Waals surface area contributed by atoms with Crippen LogP contribution in [0.5, 0.6) is 0 Å². The fourth-order valence-corrected chi connectivity index (χ4v) is 3.77. The quantitative estimate of drug-likeness (QED) is 0.847. The van der Waals surface area contributed by atoms with Crippen LogP contribution in [0.2, 0.25) is 0 Å². The number of carbonyl (C=O) groups excluding carboxylic acids is 1. The van der Waals surface area contributed by atoms with E-state index >= 15 is 0 Å². The van der Waals surface area contributed by atoms with Crippen molar-refractivity contribution in [2.24, 2.45) is 0 Å². The zero-order chi connectivity index (χ0) is 20.4. The Morgan fingerprint density at radius 3 is 2.75 bits per heavy atom. The molecule has 156 valence electrons. The van der Waals surface area contributed by atoms with Crippen molar-refractivity contribution in [2.45, 2.75) is 63.8 Å². The van der Waals surface area contributed by atoms with Crippen LogP contribution >= 0.6 is 0 Å². The number of rotatable bonds is 3. The van der Waals surface area contributed by atoms with E-state index in [0.717, 1.165) is 0 Å². The van der Waals surface area contributed by atoms with Gasteiger partial charge in [0, 0.05) is 31.6 Å². The summed E-state index contributed by atoms with van der Waals surface area (Å²) in [6.07, 6.45) is 4.44. The van der Waals surface area contributed by atoms with Gasteiger partial charge in [0.25, 0.3) is 0 Å². The molecule has 0 aromatic carbocycles. The molecule has 0 saturated carbocycles. The average Bonchev–Trinajstić information content (AvgIpc) is 2.60. The Hall–Kier alpha value is -1.93. The maximum Gasteiger partial charge on any atom is 0.410 e. The molecule has 0 unspecified atom stereocenters. The zero-order valence-electron chi connectivity index (χ0n) is 16.9. The van der Waals surface area contributed by atoms with E-state index in [4.69, 9.17) is 19.9 Å². The molecular formula is C20H30FN3O4. The minimum atomic E-state index is -0.567. The molecule has 2 fully saturated rings. The van der Waals surface area contributed by atoms with Crippen LogP contribution in [0.4, 0.5) is 14.9 Å². The monoisotopic (exact) mass is 395 g/mol. The predicted octanol–water partition coefficient (Wildman–Crippen LogP) is 2.92. The molecule has 3 rings (SSSR count). The number of aromatic nitrogens is 1. The largest absolute Gasteiger partial charge is 0.444 e. The van der Waals surface area contributed by atoms with Crippen LogP contribution < -0.4 is 5.73 Å². The zero-order valence-corrected chi connectivity index (χ0v) is 16.9. The highest BCUT2D eigenvalue weighted by atomic mass is 19.1. The second-order valence-corrected chi connectivity index (χ2v) is 8.62. The van der Waals surface area contributed by atoms with Crippen molar-refractivity contribution >= 4 is 11.8 Å². The lowest BCUT2D eigenvalue weighted by molar-refractivity contribution is -0.186. The number of hydrogen-bond acceptors (Lipinski definition) is 6. The number of carbonyl (C=O) groups is 1. The number of nitrogens with two attached hydrogens (primary N) is 1. The Morgan fingerprint density at radius 2 is 2.11 bits per heavy atom. The highest BCUT2D eigenvalue weighted by Gasteiger charge is 2.44. The van der Waals surface area contributed by atoms with E-state index in [-0.39, 0.29) is 12.2 Å². The SMILES string of the molecule is CC(C)(C)OC(=O)N1C[C@@H](CCc2c(N)cncc2F)OC2(CCOCC2)C1. The van der Waals surface area contributed by atoms with Crippen molar-refractivity contribution in [3.05, 3.63) is 23.8 Å². The lowest BCUT2D eigenvalue weighted by Crippen LogP contribution is -2.59. The van der Waals surface area contributed by atoms with Gasteiger partial charge in [-0.2, -0.15) is 0 Å². The summed E-state index contributed by atoms with van der Waals surface area (Å²) in [6.45, 7) is 7.63. The topological polar surface area (TPSA) is 86.9 Å². The molecule has 1 amide bonds. The Bertz CT molecular complexity index is 681. The van der Waals surface area contributed by atoms with Crippen LogP contribution in [0.15, 0.2) is 12.4 Å². The number of nitrogens with zero attached hydrogens (tertiary/aromatic N) is 2. The molecule has 7 nitrogen and oxygen atoms in total. The molecule has 28 heavy (non-hydrogen) atoms. The number of hydrogen-bond donors (Lipinski definition) is 1. The highest BCUT2D eigenvalue weighted by molar-refractivity contribution is 5.68. The van der Waals surface area contributed by atoms with E-state index in [1.165, 1.54) is 12.4 Å². The number of amides is 1. The highest BCUT2D eigenvalue weighted by Crippen LogP contribution is 2.34. The van der Waals surface area contributed by atoms with Crippen LogP contribution in [-0.2, 0) is 20.6 Å². The van der Waals surface area contributed by atoms with Crippen molar-refractivity contribution < 1.29 is 23.4 Å². The first-order chi connectivity index (χ1) is 13.2. The molecule has 1 spiro atoms. The van der Waals surface area contributed by atoms with Crippen LogP contribution in [0, 0.1) is 5.82 Å². The van der Waals surface area contributed by atoms with Crippen molar-refractivity contribution in [3.63, 3.8) is 0 Å². The fraction of sp³-hybridized carbons (Fsp3) is 0.700. The lowest BCUT2D eigenvalue weighted by atomic mass is 9.90. The van der Waals surface area contributed by atoms with Crippen molar-refractivity contribution in [2.75, 3.05) is 32.0 Å². The molecular weight excluding hydrogens is 365 g/mol. The molecule has 0 aliphatic carbocycles. The number of morpholine rings is 1. The summed E-state index contributed by atoms with van der Waals surface area (Å²) in [4.78, 5) is 18.2. The summed E-state index contributed by atoms with van der Waals surface area (Å²) in [5.74, 6) is -0.416. The smallest absolute Gasteiger partial charge is 0.410 e. The molecule has 2 saturated heterocycles. The van der Waals surface area contributed by atoms with Crippen molar-refractivity contribution in [1.82, 2.24) is 9.88 Å². The molecule has 3 heterocycles. The van der Waals surface area contributed by atoms with Crippen molar-refractivity contribution in [1.29, 1.82) is 0 Å². The van der Waals surface area contributed by atoms with Gasteiger partial charge in [-0.3, -0.25) is 4.98 Å². The summed E-state index contributed by atoms with van der Waals surface area (Å²) in [5.41, 5.74) is 5.64. The van der Waals surface area contributed by atoms with Gasteiger partial charge in [0.15, 0.2) is 0 Å². The number of ether oxygens (including phenoxy) is 3. The first-order valence-corrected chi connectivity index (χ1v) is 9.79. The number of pyridine rings is 1. The summed E-state index contributed by atoms with van der Waals surface area (Å²) in [7, 11) is 0. The van der Waals surface area contributed by atoms with E-state index in [2.05, 4.69) is 4.98 Å². The van der Waals surface area contributed by atoms with Crippen LogP contribution in [-0.4, -0.2) is 59.6 Å². The summed E-state index contributed by atoms with van der Waals surface area (Å²) in [6, 6.07) is 0. The first-order valence-electron chi connectivity index (χ1n) is 9.79. The van der Waals surface area contributed by atoms with Crippen LogP contribution in [0.1, 0.15) is 45.6 Å². The minimum Gasteiger partial charge on any atom is -0.444 e. The predicted molar refractivity (Wildman–Crippen MR) is 102 cm³/mol. The maximum atomic E-state index is 14.1. The van der Waals surface area contributed by atoms with Gasteiger partial charge in [0.2, 0.25) is 0 Å².